The van der Waals surface area contributed by atoms with Gasteiger partial charge in [0.15, 0.2) is 11.0 Å². The lowest BCUT2D eigenvalue weighted by atomic mass is 10.0. The van der Waals surface area contributed by atoms with Crippen LogP contribution in [0.1, 0.15) is 28.1 Å². The predicted molar refractivity (Wildman–Crippen MR) is 120 cm³/mol. The van der Waals surface area contributed by atoms with E-state index in [2.05, 4.69) is 34.2 Å². The topological polar surface area (TPSA) is 72.8 Å². The van der Waals surface area contributed by atoms with E-state index < -0.39 is 0 Å². The molecule has 0 amide bonds. The van der Waals surface area contributed by atoms with Crippen LogP contribution < -0.4 is 10.3 Å². The maximum absolute atomic E-state index is 12.2. The van der Waals surface area contributed by atoms with E-state index >= 15 is 0 Å². The van der Waals surface area contributed by atoms with Crippen LogP contribution in [0, 0.1) is 20.8 Å². The molecule has 2 aromatic carbocycles. The molecule has 0 saturated heterocycles. The molecule has 2 aromatic heterocycles. The van der Waals surface area contributed by atoms with Crippen LogP contribution in [0.2, 0.25) is 0 Å². The van der Waals surface area contributed by atoms with Gasteiger partial charge in [-0.3, -0.25) is 4.79 Å². The van der Waals surface area contributed by atoms with E-state index in [4.69, 9.17) is 4.74 Å². The Kier molecular flexibility index (Phi) is 5.63. The second kappa shape index (κ2) is 8.36. The summed E-state index contributed by atoms with van der Waals surface area (Å²) in [5, 5.41) is 10.4. The van der Waals surface area contributed by atoms with Gasteiger partial charge in [-0.2, -0.15) is 0 Å². The minimum absolute atomic E-state index is 0.0878. The van der Waals surface area contributed by atoms with Crippen molar-refractivity contribution < 1.29 is 4.74 Å². The summed E-state index contributed by atoms with van der Waals surface area (Å²) in [7, 11) is 1.93. The van der Waals surface area contributed by atoms with Gasteiger partial charge in [0.25, 0.3) is 0 Å². The lowest BCUT2D eigenvalue weighted by Crippen LogP contribution is -2.07. The van der Waals surface area contributed by atoms with Gasteiger partial charge in [-0.05, 0) is 50.1 Å². The van der Waals surface area contributed by atoms with Crippen molar-refractivity contribution in [1.29, 1.82) is 0 Å². The molecule has 6 nitrogen and oxygen atoms in total. The first-order valence-corrected chi connectivity index (χ1v) is 10.7. The Balaban J connectivity index is 1.51. The van der Waals surface area contributed by atoms with Gasteiger partial charge in [0.05, 0.1) is 5.52 Å². The monoisotopic (exact) mass is 420 g/mol. The molecular weight excluding hydrogens is 396 g/mol. The molecule has 7 heteroatoms. The summed E-state index contributed by atoms with van der Waals surface area (Å²) >= 11 is 1.56. The number of fused-ring (bicyclic) bond motifs is 1. The van der Waals surface area contributed by atoms with Crippen LogP contribution >= 0.6 is 11.8 Å². The number of aromatic nitrogens is 4. The fourth-order valence-electron chi connectivity index (χ4n) is 3.42. The Morgan fingerprint density at radius 3 is 2.57 bits per heavy atom. The number of ether oxygens (including phenoxy) is 1. The van der Waals surface area contributed by atoms with Gasteiger partial charge < -0.3 is 14.3 Å². The van der Waals surface area contributed by atoms with E-state index in [0.29, 0.717) is 12.4 Å². The predicted octanol–water partition coefficient (Wildman–Crippen LogP) is 4.45. The first-order valence-electron chi connectivity index (χ1n) is 9.74. The Bertz CT molecular complexity index is 1260. The third kappa shape index (κ3) is 4.26. The maximum atomic E-state index is 12.2. The van der Waals surface area contributed by atoms with Crippen molar-refractivity contribution in [2.75, 3.05) is 0 Å². The molecule has 30 heavy (non-hydrogen) atoms. The number of pyridine rings is 1. The number of aryl methyl sites for hydroxylation is 3. The second-order valence-electron chi connectivity index (χ2n) is 7.51. The molecule has 0 unspecified atom stereocenters. The van der Waals surface area contributed by atoms with Gasteiger partial charge in [-0.1, -0.05) is 41.1 Å². The summed E-state index contributed by atoms with van der Waals surface area (Å²) in [6, 6.07) is 13.8. The quantitative estimate of drug-likeness (QED) is 0.467. The molecule has 1 N–H and O–H groups in total. The summed E-state index contributed by atoms with van der Waals surface area (Å²) in [6.07, 6.45) is 0. The fraction of sp³-hybridized carbons (Fsp3) is 0.261. The molecule has 0 saturated carbocycles. The van der Waals surface area contributed by atoms with E-state index in [1.165, 1.54) is 11.1 Å². The number of thioether (sulfide) groups is 1. The summed E-state index contributed by atoms with van der Waals surface area (Å²) in [5.41, 5.74) is 5.24. The maximum Gasteiger partial charge on any atom is 0.248 e. The standard InChI is InChI=1S/C23H24N4O2S/c1-14-5-7-18(8-6-14)29-12-20-25-26-23(27(20)4)30-13-17-11-21(28)24-22-16(3)9-15(2)10-19(17)22/h5-11H,12-13H2,1-4H3,(H,24,28). The van der Waals surface area contributed by atoms with Crippen LogP contribution in [0.4, 0.5) is 0 Å². The van der Waals surface area contributed by atoms with Crippen LogP contribution in [0.25, 0.3) is 10.9 Å². The van der Waals surface area contributed by atoms with Gasteiger partial charge in [0.2, 0.25) is 5.56 Å². The molecule has 4 rings (SSSR count). The van der Waals surface area contributed by atoms with Crippen LogP contribution in [0.5, 0.6) is 5.75 Å². The molecule has 0 radical (unpaired) electrons. The van der Waals surface area contributed by atoms with Crippen molar-refractivity contribution in [3.05, 3.63) is 80.9 Å². The number of rotatable bonds is 6. The Morgan fingerprint density at radius 2 is 1.80 bits per heavy atom. The number of aromatic amines is 1. The van der Waals surface area contributed by atoms with E-state index in [9.17, 15) is 4.79 Å². The Morgan fingerprint density at radius 1 is 1.03 bits per heavy atom. The molecule has 0 fully saturated rings. The molecule has 0 atom stereocenters. The molecule has 0 aliphatic rings. The average molecular weight is 421 g/mol. The summed E-state index contributed by atoms with van der Waals surface area (Å²) < 4.78 is 7.76. The number of benzene rings is 2. The molecule has 154 valence electrons. The molecule has 2 heterocycles. The summed E-state index contributed by atoms with van der Waals surface area (Å²) in [4.78, 5) is 15.1. The zero-order valence-electron chi connectivity index (χ0n) is 17.5. The minimum atomic E-state index is -0.0878. The van der Waals surface area contributed by atoms with Gasteiger partial charge in [0.1, 0.15) is 12.4 Å². The largest absolute Gasteiger partial charge is 0.486 e. The molecule has 0 aliphatic heterocycles. The average Bonchev–Trinajstić information content (AvgIpc) is 3.06. The molecule has 0 bridgehead atoms. The highest BCUT2D eigenvalue weighted by Crippen LogP contribution is 2.27. The number of H-pyrrole nitrogens is 1. The lowest BCUT2D eigenvalue weighted by Gasteiger charge is -2.10. The van der Waals surface area contributed by atoms with Crippen molar-refractivity contribution in [1.82, 2.24) is 19.7 Å². The highest BCUT2D eigenvalue weighted by atomic mass is 32.2. The van der Waals surface area contributed by atoms with E-state index in [-0.39, 0.29) is 5.56 Å². The molecule has 0 spiro atoms. The lowest BCUT2D eigenvalue weighted by molar-refractivity contribution is 0.290. The number of hydrogen-bond donors (Lipinski definition) is 1. The minimum Gasteiger partial charge on any atom is -0.486 e. The number of hydrogen-bond acceptors (Lipinski definition) is 5. The van der Waals surface area contributed by atoms with Gasteiger partial charge >= 0.3 is 0 Å². The van der Waals surface area contributed by atoms with Crippen LogP contribution in [-0.4, -0.2) is 19.7 Å². The Labute approximate surface area is 179 Å². The van der Waals surface area contributed by atoms with Crippen molar-refractivity contribution in [2.24, 2.45) is 7.05 Å². The van der Waals surface area contributed by atoms with Gasteiger partial charge in [-0.25, -0.2) is 0 Å². The molecule has 0 aliphatic carbocycles. The van der Waals surface area contributed by atoms with Crippen molar-refractivity contribution in [2.45, 2.75) is 38.3 Å². The third-order valence-electron chi connectivity index (χ3n) is 5.05. The zero-order valence-corrected chi connectivity index (χ0v) is 18.3. The first-order chi connectivity index (χ1) is 14.4. The van der Waals surface area contributed by atoms with E-state index in [0.717, 1.165) is 38.8 Å². The van der Waals surface area contributed by atoms with Crippen molar-refractivity contribution in [3.8, 4) is 5.75 Å². The van der Waals surface area contributed by atoms with Crippen molar-refractivity contribution >= 4 is 22.7 Å². The highest BCUT2D eigenvalue weighted by Gasteiger charge is 2.12. The smallest absolute Gasteiger partial charge is 0.248 e. The van der Waals surface area contributed by atoms with Crippen LogP contribution in [0.15, 0.2) is 52.4 Å². The first kappa shape index (κ1) is 20.2. The number of nitrogens with zero attached hydrogens (tertiary/aromatic N) is 3. The Hall–Kier alpha value is -3.06. The highest BCUT2D eigenvalue weighted by molar-refractivity contribution is 7.98. The second-order valence-corrected chi connectivity index (χ2v) is 8.45. The SMILES string of the molecule is Cc1ccc(OCc2nnc(SCc3cc(=O)[nH]c4c(C)cc(C)cc34)n2C)cc1. The van der Waals surface area contributed by atoms with E-state index in [1.54, 1.807) is 17.8 Å². The zero-order chi connectivity index (χ0) is 21.3. The van der Waals surface area contributed by atoms with Gasteiger partial charge in [0, 0.05) is 24.3 Å². The normalized spacial score (nSPS) is 11.2. The van der Waals surface area contributed by atoms with E-state index in [1.807, 2.05) is 49.7 Å². The molecular formula is C23H24N4O2S. The fourth-order valence-corrected chi connectivity index (χ4v) is 4.34. The van der Waals surface area contributed by atoms with Crippen molar-refractivity contribution in [3.63, 3.8) is 0 Å². The van der Waals surface area contributed by atoms with Crippen LogP contribution in [0.3, 0.4) is 0 Å². The third-order valence-corrected chi connectivity index (χ3v) is 6.12. The van der Waals surface area contributed by atoms with Crippen LogP contribution in [-0.2, 0) is 19.4 Å². The van der Waals surface area contributed by atoms with Gasteiger partial charge in [-0.15, -0.1) is 10.2 Å². The molecule has 4 aromatic rings. The summed E-state index contributed by atoms with van der Waals surface area (Å²) in [6.45, 7) is 6.48. The summed E-state index contributed by atoms with van der Waals surface area (Å²) in [5.74, 6) is 2.19. The number of nitrogens with one attached hydrogen (secondary N) is 1.